The van der Waals surface area contributed by atoms with Crippen molar-refractivity contribution in [2.24, 2.45) is 23.0 Å². The highest BCUT2D eigenvalue weighted by atomic mass is 16.3. The molecule has 1 aromatic rings. The third-order valence-electron chi connectivity index (χ3n) is 6.82. The van der Waals surface area contributed by atoms with E-state index in [9.17, 15) is 10.2 Å². The lowest BCUT2D eigenvalue weighted by Gasteiger charge is -2.50. The van der Waals surface area contributed by atoms with Crippen molar-refractivity contribution >= 4 is 0 Å². The van der Waals surface area contributed by atoms with E-state index in [-0.39, 0.29) is 17.6 Å². The molecule has 0 spiro atoms. The summed E-state index contributed by atoms with van der Waals surface area (Å²) in [5, 5.41) is 20.0. The molecule has 4 rings (SSSR count). The molecule has 3 nitrogen and oxygen atoms in total. The van der Waals surface area contributed by atoms with E-state index in [0.717, 1.165) is 25.7 Å². The standard InChI is InChI=1S/C18H25NO2/c1-18-7-6-13-12-5-3-11(20)8-10(12)2-4-14(13)15(18)9-16(21)17(18)19/h3,5,8,13-17,20-21H,2,4,6-7,9,19H2,1H3/t13-,14-,15+,16+,17-,18+/m1/s1. The van der Waals surface area contributed by atoms with Crippen molar-refractivity contribution in [3.63, 3.8) is 0 Å². The third kappa shape index (κ3) is 1.80. The minimum absolute atomic E-state index is 0.0651. The molecule has 3 aliphatic carbocycles. The zero-order chi connectivity index (χ0) is 14.8. The number of benzene rings is 1. The van der Waals surface area contributed by atoms with Crippen molar-refractivity contribution in [1.29, 1.82) is 0 Å². The average Bonchev–Trinajstić information content (AvgIpc) is 2.70. The van der Waals surface area contributed by atoms with Gasteiger partial charge in [0.05, 0.1) is 6.10 Å². The smallest absolute Gasteiger partial charge is 0.115 e. The van der Waals surface area contributed by atoms with Crippen LogP contribution in [0.5, 0.6) is 5.75 Å². The predicted molar refractivity (Wildman–Crippen MR) is 82.1 cm³/mol. The van der Waals surface area contributed by atoms with E-state index in [1.165, 1.54) is 17.5 Å². The minimum Gasteiger partial charge on any atom is -0.508 e. The number of phenolic OH excluding ortho intramolecular Hbond substituents is 1. The lowest BCUT2D eigenvalue weighted by Crippen LogP contribution is -2.48. The maximum atomic E-state index is 10.3. The van der Waals surface area contributed by atoms with Gasteiger partial charge in [-0.15, -0.1) is 0 Å². The number of aryl methyl sites for hydroxylation is 1. The van der Waals surface area contributed by atoms with Crippen molar-refractivity contribution in [3.05, 3.63) is 29.3 Å². The Balaban J connectivity index is 1.71. The quantitative estimate of drug-likeness (QED) is 0.687. The van der Waals surface area contributed by atoms with Crippen molar-refractivity contribution < 1.29 is 10.2 Å². The van der Waals surface area contributed by atoms with Crippen LogP contribution in [0.15, 0.2) is 18.2 Å². The molecule has 2 fully saturated rings. The normalized spacial score (nSPS) is 44.8. The van der Waals surface area contributed by atoms with Crippen LogP contribution in [0, 0.1) is 17.3 Å². The lowest BCUT2D eigenvalue weighted by atomic mass is 9.55. The number of aromatic hydroxyl groups is 1. The van der Waals surface area contributed by atoms with Gasteiger partial charge in [0.25, 0.3) is 0 Å². The SMILES string of the molecule is C[C@]12CC[C@@H]3c4ccc(O)cc4CC[C@H]3[C@@H]1C[C@H](O)[C@H]2N. The summed E-state index contributed by atoms with van der Waals surface area (Å²) in [6.45, 7) is 2.29. The first-order valence-corrected chi connectivity index (χ1v) is 8.26. The van der Waals surface area contributed by atoms with E-state index in [4.69, 9.17) is 5.73 Å². The summed E-state index contributed by atoms with van der Waals surface area (Å²) in [6, 6.07) is 5.82. The summed E-state index contributed by atoms with van der Waals surface area (Å²) in [4.78, 5) is 0. The van der Waals surface area contributed by atoms with Gasteiger partial charge in [0, 0.05) is 6.04 Å². The van der Waals surface area contributed by atoms with Gasteiger partial charge in [0.2, 0.25) is 0 Å². The zero-order valence-electron chi connectivity index (χ0n) is 12.6. The zero-order valence-corrected chi connectivity index (χ0v) is 12.6. The van der Waals surface area contributed by atoms with E-state index in [0.29, 0.717) is 23.5 Å². The number of hydrogen-bond acceptors (Lipinski definition) is 3. The maximum Gasteiger partial charge on any atom is 0.115 e. The Hall–Kier alpha value is -1.06. The van der Waals surface area contributed by atoms with Crippen LogP contribution in [0.1, 0.15) is 49.7 Å². The summed E-state index contributed by atoms with van der Waals surface area (Å²) in [7, 11) is 0. The topological polar surface area (TPSA) is 66.5 Å². The van der Waals surface area contributed by atoms with Crippen LogP contribution in [0.2, 0.25) is 0 Å². The molecule has 0 saturated heterocycles. The van der Waals surface area contributed by atoms with Crippen LogP contribution < -0.4 is 5.73 Å². The molecule has 0 radical (unpaired) electrons. The first kappa shape index (κ1) is 13.6. The molecule has 6 atom stereocenters. The Kier molecular flexibility index (Phi) is 2.89. The first-order chi connectivity index (χ1) is 10.0. The lowest BCUT2D eigenvalue weighted by molar-refractivity contribution is 0.0472. The van der Waals surface area contributed by atoms with Gasteiger partial charge in [-0.3, -0.25) is 0 Å². The second kappa shape index (κ2) is 4.47. The van der Waals surface area contributed by atoms with E-state index >= 15 is 0 Å². The molecule has 0 aromatic heterocycles. The molecule has 1 aromatic carbocycles. The monoisotopic (exact) mass is 287 g/mol. The van der Waals surface area contributed by atoms with Gasteiger partial charge in [0.1, 0.15) is 5.75 Å². The van der Waals surface area contributed by atoms with Gasteiger partial charge < -0.3 is 15.9 Å². The minimum atomic E-state index is -0.333. The molecule has 0 aliphatic heterocycles. The fourth-order valence-electron chi connectivity index (χ4n) is 5.62. The maximum absolute atomic E-state index is 10.3. The molecule has 2 saturated carbocycles. The number of aliphatic hydroxyl groups is 1. The highest BCUT2D eigenvalue weighted by molar-refractivity contribution is 5.40. The Labute approximate surface area is 126 Å². The molecule has 4 N–H and O–H groups in total. The van der Waals surface area contributed by atoms with Crippen LogP contribution in [0.25, 0.3) is 0 Å². The second-order valence-corrected chi connectivity index (χ2v) is 7.67. The summed E-state index contributed by atoms with van der Waals surface area (Å²) in [6.07, 6.45) is 5.02. The number of fused-ring (bicyclic) bond motifs is 5. The summed E-state index contributed by atoms with van der Waals surface area (Å²) < 4.78 is 0. The largest absolute Gasteiger partial charge is 0.508 e. The van der Waals surface area contributed by atoms with Crippen LogP contribution in [-0.4, -0.2) is 22.4 Å². The van der Waals surface area contributed by atoms with Crippen LogP contribution >= 0.6 is 0 Å². The summed E-state index contributed by atoms with van der Waals surface area (Å²) in [5.74, 6) is 2.16. The fraction of sp³-hybridized carbons (Fsp3) is 0.667. The van der Waals surface area contributed by atoms with E-state index < -0.39 is 0 Å². The number of rotatable bonds is 0. The van der Waals surface area contributed by atoms with Crippen LogP contribution in [0.4, 0.5) is 0 Å². The van der Waals surface area contributed by atoms with E-state index in [1.54, 1.807) is 0 Å². The second-order valence-electron chi connectivity index (χ2n) is 7.67. The van der Waals surface area contributed by atoms with Crippen molar-refractivity contribution in [1.82, 2.24) is 0 Å². The number of aliphatic hydroxyl groups excluding tert-OH is 1. The Morgan fingerprint density at radius 1 is 1.29 bits per heavy atom. The molecule has 21 heavy (non-hydrogen) atoms. The molecule has 3 heteroatoms. The third-order valence-corrected chi connectivity index (χ3v) is 6.82. The average molecular weight is 287 g/mol. The van der Waals surface area contributed by atoms with Gasteiger partial charge in [0.15, 0.2) is 0 Å². The van der Waals surface area contributed by atoms with Gasteiger partial charge >= 0.3 is 0 Å². The Bertz CT molecular complexity index is 572. The molecular formula is C18H25NO2. The highest BCUT2D eigenvalue weighted by Crippen LogP contribution is 2.60. The van der Waals surface area contributed by atoms with Gasteiger partial charge in [-0.2, -0.15) is 0 Å². The molecule has 0 bridgehead atoms. The fourth-order valence-corrected chi connectivity index (χ4v) is 5.62. The van der Waals surface area contributed by atoms with E-state index in [1.807, 2.05) is 12.1 Å². The molecule has 0 amide bonds. The molecule has 114 valence electrons. The van der Waals surface area contributed by atoms with Gasteiger partial charge in [-0.25, -0.2) is 0 Å². The van der Waals surface area contributed by atoms with Crippen molar-refractivity contribution in [2.75, 3.05) is 0 Å². The molecule has 0 unspecified atom stereocenters. The number of phenols is 1. The molecular weight excluding hydrogens is 262 g/mol. The number of hydrogen-bond donors (Lipinski definition) is 3. The van der Waals surface area contributed by atoms with Crippen LogP contribution in [-0.2, 0) is 6.42 Å². The van der Waals surface area contributed by atoms with Gasteiger partial charge in [-0.05, 0) is 78.5 Å². The molecule has 0 heterocycles. The number of nitrogens with two attached hydrogens (primary N) is 1. The first-order valence-electron chi connectivity index (χ1n) is 8.26. The van der Waals surface area contributed by atoms with Crippen molar-refractivity contribution in [2.45, 2.75) is 57.1 Å². The van der Waals surface area contributed by atoms with Crippen molar-refractivity contribution in [3.8, 4) is 5.75 Å². The van der Waals surface area contributed by atoms with E-state index in [2.05, 4.69) is 13.0 Å². The summed E-state index contributed by atoms with van der Waals surface area (Å²) >= 11 is 0. The molecule has 3 aliphatic rings. The predicted octanol–water partition coefficient (Wildman–Crippen LogP) is 2.55. The van der Waals surface area contributed by atoms with Gasteiger partial charge in [-0.1, -0.05) is 13.0 Å². The summed E-state index contributed by atoms with van der Waals surface area (Å²) in [5.41, 5.74) is 9.18. The highest BCUT2D eigenvalue weighted by Gasteiger charge is 2.56. The Morgan fingerprint density at radius 2 is 2.10 bits per heavy atom. The Morgan fingerprint density at radius 3 is 2.90 bits per heavy atom. The van der Waals surface area contributed by atoms with Crippen LogP contribution in [0.3, 0.4) is 0 Å².